The van der Waals surface area contributed by atoms with Crippen molar-refractivity contribution in [2.24, 2.45) is 0 Å². The molecule has 0 radical (unpaired) electrons. The largest absolute Gasteiger partial charge is 0.497 e. The van der Waals surface area contributed by atoms with Gasteiger partial charge in [0, 0.05) is 43.2 Å². The number of methoxy groups -OCH3 is 1. The maximum Gasteiger partial charge on any atom is 0.246 e. The van der Waals surface area contributed by atoms with E-state index in [0.29, 0.717) is 0 Å². The average Bonchev–Trinajstić information content (AvgIpc) is 2.75. The van der Waals surface area contributed by atoms with Gasteiger partial charge < -0.3 is 25.2 Å². The lowest BCUT2D eigenvalue weighted by Gasteiger charge is -2.35. The van der Waals surface area contributed by atoms with E-state index in [2.05, 4.69) is 52.5 Å². The Balaban J connectivity index is 1.58. The zero-order valence-electron chi connectivity index (χ0n) is 17.9. The van der Waals surface area contributed by atoms with E-state index in [1.54, 1.807) is 7.11 Å². The van der Waals surface area contributed by atoms with Gasteiger partial charge in [-0.05, 0) is 68.4 Å². The summed E-state index contributed by atoms with van der Waals surface area (Å²) in [5.74, 6) is 0.690. The first-order valence-electron chi connectivity index (χ1n) is 10.3. The van der Waals surface area contributed by atoms with Gasteiger partial charge in [0.25, 0.3) is 0 Å². The molecule has 2 N–H and O–H groups in total. The number of anilines is 3. The van der Waals surface area contributed by atoms with Crippen LogP contribution in [0.5, 0.6) is 5.75 Å². The van der Waals surface area contributed by atoms with Crippen LogP contribution >= 0.6 is 0 Å². The van der Waals surface area contributed by atoms with Gasteiger partial charge in [0.15, 0.2) is 0 Å². The van der Waals surface area contributed by atoms with Gasteiger partial charge >= 0.3 is 0 Å². The van der Waals surface area contributed by atoms with Gasteiger partial charge in [0.05, 0.1) is 7.11 Å². The van der Waals surface area contributed by atoms with Crippen LogP contribution < -0.4 is 20.3 Å². The van der Waals surface area contributed by atoms with Crippen LogP contribution in [0.1, 0.15) is 19.4 Å². The molecule has 1 heterocycles. The monoisotopic (exact) mass is 396 g/mol. The molecule has 3 rings (SSSR count). The zero-order chi connectivity index (χ0) is 20.8. The maximum absolute atomic E-state index is 12.5. The van der Waals surface area contributed by atoms with E-state index >= 15 is 0 Å². The first-order chi connectivity index (χ1) is 14.0. The number of hydrogen-bond acceptors (Lipinski definition) is 5. The number of piperazine rings is 1. The van der Waals surface area contributed by atoms with Crippen molar-refractivity contribution in [1.82, 2.24) is 4.90 Å². The fourth-order valence-corrected chi connectivity index (χ4v) is 3.55. The molecule has 6 heteroatoms. The van der Waals surface area contributed by atoms with E-state index in [9.17, 15) is 4.79 Å². The molecule has 1 saturated heterocycles. The van der Waals surface area contributed by atoms with Gasteiger partial charge in [0.2, 0.25) is 5.91 Å². The lowest BCUT2D eigenvalue weighted by molar-refractivity contribution is -0.116. The molecule has 29 heavy (non-hydrogen) atoms. The van der Waals surface area contributed by atoms with Crippen molar-refractivity contribution in [3.05, 3.63) is 48.0 Å². The normalized spacial score (nSPS) is 15.7. The highest BCUT2D eigenvalue weighted by atomic mass is 16.5. The fraction of sp³-hybridized carbons (Fsp3) is 0.435. The number of benzene rings is 2. The molecule has 2 aromatic carbocycles. The van der Waals surface area contributed by atoms with Crippen molar-refractivity contribution in [2.45, 2.75) is 26.8 Å². The predicted molar refractivity (Wildman–Crippen MR) is 120 cm³/mol. The molecule has 1 unspecified atom stereocenters. The molecule has 2 aromatic rings. The van der Waals surface area contributed by atoms with Crippen LogP contribution in [0.3, 0.4) is 0 Å². The Morgan fingerprint density at radius 2 is 1.79 bits per heavy atom. The Morgan fingerprint density at radius 1 is 1.10 bits per heavy atom. The van der Waals surface area contributed by atoms with Crippen LogP contribution in [0.25, 0.3) is 0 Å². The van der Waals surface area contributed by atoms with Gasteiger partial charge in [-0.1, -0.05) is 6.92 Å². The summed E-state index contributed by atoms with van der Waals surface area (Å²) in [5.41, 5.74) is 4.13. The molecule has 1 aliphatic heterocycles. The minimum atomic E-state index is -0.352. The number of amides is 1. The molecule has 0 saturated carbocycles. The number of hydrogen-bond donors (Lipinski definition) is 2. The van der Waals surface area contributed by atoms with Crippen molar-refractivity contribution in [3.8, 4) is 5.75 Å². The topological polar surface area (TPSA) is 56.8 Å². The number of ether oxygens (including phenoxy) is 1. The van der Waals surface area contributed by atoms with Crippen molar-refractivity contribution in [3.63, 3.8) is 0 Å². The van der Waals surface area contributed by atoms with Gasteiger partial charge in [0.1, 0.15) is 11.8 Å². The van der Waals surface area contributed by atoms with Crippen LogP contribution in [-0.2, 0) is 4.79 Å². The molecule has 0 spiro atoms. The molecule has 1 aliphatic rings. The first-order valence-corrected chi connectivity index (χ1v) is 10.3. The van der Waals surface area contributed by atoms with Gasteiger partial charge in [-0.25, -0.2) is 0 Å². The molecule has 0 bridgehead atoms. The van der Waals surface area contributed by atoms with Crippen molar-refractivity contribution < 1.29 is 9.53 Å². The maximum atomic E-state index is 12.5. The Hall–Kier alpha value is -2.73. The predicted octanol–water partition coefficient (Wildman–Crippen LogP) is 3.58. The molecule has 0 aliphatic carbocycles. The molecule has 1 atom stereocenters. The van der Waals surface area contributed by atoms with Crippen LogP contribution in [-0.4, -0.2) is 56.7 Å². The highest BCUT2D eigenvalue weighted by molar-refractivity contribution is 5.96. The molecule has 1 amide bonds. The summed E-state index contributed by atoms with van der Waals surface area (Å²) in [4.78, 5) is 17.4. The lowest BCUT2D eigenvalue weighted by Crippen LogP contribution is -2.46. The third-order valence-corrected chi connectivity index (χ3v) is 5.52. The summed E-state index contributed by atoms with van der Waals surface area (Å²) in [6.07, 6.45) is 0. The summed E-state index contributed by atoms with van der Waals surface area (Å²) < 4.78 is 5.15. The van der Waals surface area contributed by atoms with Crippen molar-refractivity contribution in [2.75, 3.05) is 55.4 Å². The Morgan fingerprint density at radius 3 is 2.38 bits per heavy atom. The molecular weight excluding hydrogens is 364 g/mol. The van der Waals surface area contributed by atoms with Gasteiger partial charge in [-0.3, -0.25) is 4.79 Å². The van der Waals surface area contributed by atoms with Crippen LogP contribution in [0.2, 0.25) is 0 Å². The van der Waals surface area contributed by atoms with Crippen molar-refractivity contribution in [1.29, 1.82) is 0 Å². The number of aryl methyl sites for hydroxylation is 1. The lowest BCUT2D eigenvalue weighted by atomic mass is 10.1. The SMILES string of the molecule is CCN1CCN(c2ccc(NC(C)C(=O)Nc3ccc(OC)cc3)c(C)c2)CC1. The van der Waals surface area contributed by atoms with E-state index in [1.165, 1.54) is 5.69 Å². The van der Waals surface area contributed by atoms with Crippen LogP contribution in [0.15, 0.2) is 42.5 Å². The zero-order valence-corrected chi connectivity index (χ0v) is 17.9. The number of rotatable bonds is 7. The van der Waals surface area contributed by atoms with E-state index in [4.69, 9.17) is 4.74 Å². The Kier molecular flexibility index (Phi) is 6.99. The smallest absolute Gasteiger partial charge is 0.246 e. The number of carbonyl (C=O) groups excluding carboxylic acids is 1. The van der Waals surface area contributed by atoms with E-state index in [-0.39, 0.29) is 11.9 Å². The van der Waals surface area contributed by atoms with Crippen LogP contribution in [0, 0.1) is 6.92 Å². The summed E-state index contributed by atoms with van der Waals surface area (Å²) in [6.45, 7) is 11.6. The second kappa shape index (κ2) is 9.65. The molecule has 6 nitrogen and oxygen atoms in total. The molecule has 0 aromatic heterocycles. The molecule has 156 valence electrons. The first kappa shape index (κ1) is 21.0. The second-order valence-electron chi connectivity index (χ2n) is 7.50. The molecular formula is C23H32N4O2. The third-order valence-electron chi connectivity index (χ3n) is 5.52. The number of nitrogens with zero attached hydrogens (tertiary/aromatic N) is 2. The summed E-state index contributed by atoms with van der Waals surface area (Å²) in [7, 11) is 1.62. The summed E-state index contributed by atoms with van der Waals surface area (Å²) in [6, 6.07) is 13.4. The highest BCUT2D eigenvalue weighted by Crippen LogP contribution is 2.24. The van der Waals surface area contributed by atoms with E-state index in [1.807, 2.05) is 31.2 Å². The quantitative estimate of drug-likeness (QED) is 0.749. The van der Waals surface area contributed by atoms with Gasteiger partial charge in [-0.2, -0.15) is 0 Å². The Labute approximate surface area is 173 Å². The van der Waals surface area contributed by atoms with Crippen LogP contribution in [0.4, 0.5) is 17.1 Å². The van der Waals surface area contributed by atoms with E-state index < -0.39 is 0 Å². The minimum absolute atomic E-state index is 0.0747. The standard InChI is InChI=1S/C23H32N4O2/c1-5-26-12-14-27(15-13-26)20-8-11-22(17(2)16-20)24-18(3)23(28)25-19-6-9-21(29-4)10-7-19/h6-11,16,18,24H,5,12-15H2,1-4H3,(H,25,28). The summed E-state index contributed by atoms with van der Waals surface area (Å²) >= 11 is 0. The molecule has 1 fully saturated rings. The van der Waals surface area contributed by atoms with Crippen molar-refractivity contribution >= 4 is 23.0 Å². The fourth-order valence-electron chi connectivity index (χ4n) is 3.55. The second-order valence-corrected chi connectivity index (χ2v) is 7.50. The minimum Gasteiger partial charge on any atom is -0.497 e. The summed E-state index contributed by atoms with van der Waals surface area (Å²) in [5, 5.41) is 6.27. The average molecular weight is 397 g/mol. The number of likely N-dealkylation sites (N-methyl/N-ethyl adjacent to an activating group) is 1. The Bertz CT molecular complexity index is 814. The van der Waals surface area contributed by atoms with E-state index in [0.717, 1.165) is 55.4 Å². The third kappa shape index (κ3) is 5.41. The number of nitrogens with one attached hydrogen (secondary N) is 2. The highest BCUT2D eigenvalue weighted by Gasteiger charge is 2.18. The van der Waals surface area contributed by atoms with Gasteiger partial charge in [-0.15, -0.1) is 0 Å². The number of carbonyl (C=O) groups is 1.